The number of hydrogen-bond acceptors (Lipinski definition) is 6. The Morgan fingerprint density at radius 2 is 1.67 bits per heavy atom. The van der Waals surface area contributed by atoms with E-state index < -0.39 is 11.6 Å². The van der Waals surface area contributed by atoms with Gasteiger partial charge in [-0.05, 0) is 35.6 Å². The van der Waals surface area contributed by atoms with Crippen molar-refractivity contribution >= 4 is 22.7 Å². The Morgan fingerprint density at radius 1 is 0.967 bits per heavy atom. The van der Waals surface area contributed by atoms with E-state index in [1.54, 1.807) is 30.3 Å². The summed E-state index contributed by atoms with van der Waals surface area (Å²) in [4.78, 5) is 35.7. The van der Waals surface area contributed by atoms with Crippen LogP contribution in [0.4, 0.5) is 0 Å². The summed E-state index contributed by atoms with van der Waals surface area (Å²) in [6.07, 6.45) is 0. The maximum Gasteiger partial charge on any atom is 0.344 e. The van der Waals surface area contributed by atoms with Crippen molar-refractivity contribution in [2.24, 2.45) is 0 Å². The van der Waals surface area contributed by atoms with Crippen molar-refractivity contribution in [2.45, 2.75) is 33.1 Å². The minimum absolute atomic E-state index is 0.00458. The predicted octanol–water partition coefficient (Wildman–Crippen LogP) is 4.20. The van der Waals surface area contributed by atoms with Gasteiger partial charge in [-0.3, -0.25) is 4.79 Å². The van der Waals surface area contributed by atoms with Gasteiger partial charge < -0.3 is 13.9 Å². The number of carbonyl (C=O) groups is 2. The molecular weight excluding hydrogens is 384 g/mol. The number of Topliss-reactive ketones (excluding diaryl/α,β-unsaturated/α-hetero) is 1. The molecule has 1 aromatic heterocycles. The summed E-state index contributed by atoms with van der Waals surface area (Å²) in [5.41, 5.74) is 2.31. The normalized spacial score (nSPS) is 11.3. The van der Waals surface area contributed by atoms with E-state index in [1.165, 1.54) is 6.07 Å². The smallest absolute Gasteiger partial charge is 0.344 e. The lowest BCUT2D eigenvalue weighted by atomic mass is 9.86. The number of ether oxygens (including phenoxy) is 2. The summed E-state index contributed by atoms with van der Waals surface area (Å²) < 4.78 is 15.6. The number of rotatable bonds is 6. The second-order valence-corrected chi connectivity index (χ2v) is 8.11. The van der Waals surface area contributed by atoms with E-state index in [0.717, 1.165) is 16.5 Å². The van der Waals surface area contributed by atoms with Gasteiger partial charge in [0, 0.05) is 23.1 Å². The first-order valence-electron chi connectivity index (χ1n) is 9.60. The average Bonchev–Trinajstić information content (AvgIpc) is 2.69. The number of esters is 1. The molecule has 0 aliphatic rings. The number of hydrogen-bond donors (Lipinski definition) is 0. The van der Waals surface area contributed by atoms with Crippen molar-refractivity contribution < 1.29 is 23.5 Å². The fourth-order valence-corrected chi connectivity index (χ4v) is 2.96. The maximum absolute atomic E-state index is 12.2. The third-order valence-corrected chi connectivity index (χ3v) is 4.72. The zero-order valence-electron chi connectivity index (χ0n) is 17.5. The van der Waals surface area contributed by atoms with Gasteiger partial charge >= 0.3 is 11.6 Å². The molecule has 0 saturated carbocycles. The molecule has 0 bridgehead atoms. The quantitative estimate of drug-likeness (QED) is 0.345. The van der Waals surface area contributed by atoms with E-state index in [4.69, 9.17) is 13.9 Å². The number of carbonyl (C=O) groups excluding carboxylic acids is 2. The van der Waals surface area contributed by atoms with Gasteiger partial charge in [0.15, 0.2) is 19.0 Å². The van der Waals surface area contributed by atoms with Gasteiger partial charge in [0.25, 0.3) is 0 Å². The van der Waals surface area contributed by atoms with E-state index in [-0.39, 0.29) is 24.4 Å². The Labute approximate surface area is 174 Å². The van der Waals surface area contributed by atoms with Crippen molar-refractivity contribution in [3.63, 3.8) is 0 Å². The molecule has 156 valence electrons. The zero-order chi connectivity index (χ0) is 21.9. The van der Waals surface area contributed by atoms with Crippen LogP contribution in [0.25, 0.3) is 11.0 Å². The monoisotopic (exact) mass is 408 g/mol. The molecule has 0 atom stereocenters. The van der Waals surface area contributed by atoms with E-state index in [0.29, 0.717) is 16.9 Å². The van der Waals surface area contributed by atoms with Crippen LogP contribution in [0.5, 0.6) is 5.75 Å². The summed E-state index contributed by atoms with van der Waals surface area (Å²) in [6, 6.07) is 13.6. The van der Waals surface area contributed by atoms with Crippen LogP contribution in [-0.2, 0) is 14.9 Å². The van der Waals surface area contributed by atoms with Crippen LogP contribution in [0.15, 0.2) is 57.7 Å². The molecule has 0 spiro atoms. The summed E-state index contributed by atoms with van der Waals surface area (Å²) in [5.74, 6) is -0.593. The topological polar surface area (TPSA) is 82.8 Å². The zero-order valence-corrected chi connectivity index (χ0v) is 17.5. The van der Waals surface area contributed by atoms with Crippen molar-refractivity contribution in [3.05, 3.63) is 75.6 Å². The molecule has 3 aromatic rings. The highest BCUT2D eigenvalue weighted by Crippen LogP contribution is 2.23. The molecule has 0 unspecified atom stereocenters. The van der Waals surface area contributed by atoms with Crippen LogP contribution in [0, 0.1) is 6.92 Å². The molecule has 0 aliphatic carbocycles. The Balaban J connectivity index is 1.54. The van der Waals surface area contributed by atoms with Gasteiger partial charge in [-0.2, -0.15) is 0 Å². The minimum Gasteiger partial charge on any atom is -0.482 e. The molecule has 0 saturated heterocycles. The molecule has 0 N–H and O–H groups in total. The largest absolute Gasteiger partial charge is 0.482 e. The Bertz CT molecular complexity index is 1130. The molecule has 0 aliphatic heterocycles. The van der Waals surface area contributed by atoms with Crippen molar-refractivity contribution in [1.29, 1.82) is 0 Å². The molecule has 6 heteroatoms. The number of aryl methyl sites for hydroxylation is 1. The molecule has 3 rings (SSSR count). The van der Waals surface area contributed by atoms with Crippen molar-refractivity contribution in [3.8, 4) is 5.75 Å². The van der Waals surface area contributed by atoms with Crippen LogP contribution >= 0.6 is 0 Å². The van der Waals surface area contributed by atoms with Gasteiger partial charge in [-0.15, -0.1) is 0 Å². The van der Waals surface area contributed by atoms with Crippen LogP contribution in [0.3, 0.4) is 0 Å². The first-order valence-corrected chi connectivity index (χ1v) is 9.60. The van der Waals surface area contributed by atoms with E-state index in [9.17, 15) is 14.4 Å². The Morgan fingerprint density at radius 3 is 2.33 bits per heavy atom. The van der Waals surface area contributed by atoms with Gasteiger partial charge in [-0.1, -0.05) is 45.0 Å². The number of ketones is 1. The summed E-state index contributed by atoms with van der Waals surface area (Å²) in [7, 11) is 0. The van der Waals surface area contributed by atoms with Gasteiger partial charge in [0.05, 0.1) is 0 Å². The summed E-state index contributed by atoms with van der Waals surface area (Å²) in [6.45, 7) is 7.37. The maximum atomic E-state index is 12.2. The molecule has 2 aromatic carbocycles. The highest BCUT2D eigenvalue weighted by molar-refractivity contribution is 5.98. The summed E-state index contributed by atoms with van der Waals surface area (Å²) in [5, 5.41) is 0.785. The fourth-order valence-electron chi connectivity index (χ4n) is 2.96. The lowest BCUT2D eigenvalue weighted by molar-refractivity contribution is -0.144. The Hall–Kier alpha value is -3.41. The van der Waals surface area contributed by atoms with Crippen LogP contribution in [0.2, 0.25) is 0 Å². The van der Waals surface area contributed by atoms with Gasteiger partial charge in [-0.25, -0.2) is 9.59 Å². The molecular formula is C24H24O6. The highest BCUT2D eigenvalue weighted by atomic mass is 16.6. The lowest BCUT2D eigenvalue weighted by Crippen LogP contribution is -2.19. The van der Waals surface area contributed by atoms with Gasteiger partial charge in [0.1, 0.15) is 11.3 Å². The standard InChI is InChI=1S/C24H24O6/c1-15-11-22(26)30-21-12-18(9-10-19(15)21)28-14-23(27)29-13-20(25)16-5-7-17(8-6-16)24(2,3)4/h5-12H,13-14H2,1-4H3. The highest BCUT2D eigenvalue weighted by Gasteiger charge is 2.15. The first kappa shape index (κ1) is 21.3. The molecule has 1 heterocycles. The molecule has 6 nitrogen and oxygen atoms in total. The van der Waals surface area contributed by atoms with Gasteiger partial charge in [0.2, 0.25) is 0 Å². The number of fused-ring (bicyclic) bond motifs is 1. The molecule has 0 amide bonds. The third-order valence-electron chi connectivity index (χ3n) is 4.72. The second kappa shape index (κ2) is 8.53. The SMILES string of the molecule is Cc1cc(=O)oc2cc(OCC(=O)OCC(=O)c3ccc(C(C)(C)C)cc3)ccc12. The fraction of sp³-hybridized carbons (Fsp3) is 0.292. The van der Waals surface area contributed by atoms with E-state index >= 15 is 0 Å². The average molecular weight is 408 g/mol. The first-order chi connectivity index (χ1) is 14.1. The Kier molecular flexibility index (Phi) is 6.06. The third kappa shape index (κ3) is 5.14. The lowest BCUT2D eigenvalue weighted by Gasteiger charge is -2.18. The molecule has 30 heavy (non-hydrogen) atoms. The minimum atomic E-state index is -0.666. The van der Waals surface area contributed by atoms with E-state index in [1.807, 2.05) is 19.1 Å². The van der Waals surface area contributed by atoms with Crippen LogP contribution < -0.4 is 10.4 Å². The van der Waals surface area contributed by atoms with Crippen molar-refractivity contribution in [1.82, 2.24) is 0 Å². The summed E-state index contributed by atoms with van der Waals surface area (Å²) >= 11 is 0. The second-order valence-electron chi connectivity index (χ2n) is 8.11. The van der Waals surface area contributed by atoms with E-state index in [2.05, 4.69) is 20.8 Å². The van der Waals surface area contributed by atoms with Crippen LogP contribution in [0.1, 0.15) is 42.3 Å². The number of benzene rings is 2. The molecule has 0 radical (unpaired) electrons. The predicted molar refractivity (Wildman–Crippen MR) is 113 cm³/mol. The van der Waals surface area contributed by atoms with Crippen LogP contribution in [-0.4, -0.2) is 25.0 Å². The molecule has 0 fully saturated rings. The van der Waals surface area contributed by atoms with Crippen molar-refractivity contribution in [2.75, 3.05) is 13.2 Å².